The number of hydrogen-bond acceptors (Lipinski definition) is 0. The minimum Gasteiger partial charge on any atom is -0.0622 e. The van der Waals surface area contributed by atoms with E-state index in [0.29, 0.717) is 0 Å². The minimum absolute atomic E-state index is 0.831. The normalized spacial score (nSPS) is 9.33. The van der Waals surface area contributed by atoms with Crippen molar-refractivity contribution in [3.8, 4) is 71.0 Å². The zero-order valence-corrected chi connectivity index (χ0v) is 29.3. The molecule has 0 spiro atoms. The van der Waals surface area contributed by atoms with Crippen molar-refractivity contribution >= 4 is 0 Å². The summed E-state index contributed by atoms with van der Waals surface area (Å²) in [5.74, 6) is 39.2. The van der Waals surface area contributed by atoms with Crippen molar-refractivity contribution in [1.82, 2.24) is 0 Å². The molecule has 7 rings (SSSR count). The Morgan fingerprint density at radius 2 is 0.296 bits per heavy atom. The van der Waals surface area contributed by atoms with Crippen LogP contribution < -0.4 is 0 Å². The second-order valence-corrected chi connectivity index (χ2v) is 12.1. The molecule has 0 heteroatoms. The van der Waals surface area contributed by atoms with E-state index in [1.54, 1.807) is 0 Å². The van der Waals surface area contributed by atoms with Crippen molar-refractivity contribution in [3.63, 3.8) is 0 Å². The molecule has 0 nitrogen and oxygen atoms in total. The SMILES string of the molecule is C(#Cc1ccc(C#Cc2cc(C#Cc3ccc(C#Cc4ccccc4)cc3)cc(C#Cc3ccc(C#Cc4ccccc4)cc3)c2)cc1)c1ccccc1. The smallest absolute Gasteiger partial charge is 0.0273 e. The standard InChI is InChI=1S/C54H30/c1-4-10-43(11-5-1)16-19-46-22-28-49(29-23-46)34-37-52-40-53(38-35-50-30-24-47(25-31-50)20-17-44-12-6-2-7-13-44)42-54(41-52)39-36-51-32-26-48(27-33-51)21-18-45-14-8-3-9-15-45/h1-15,22-33,40-42H. The Morgan fingerprint density at radius 1 is 0.148 bits per heavy atom. The molecule has 0 bridgehead atoms. The molecule has 0 atom stereocenters. The van der Waals surface area contributed by atoms with Crippen LogP contribution in [0.25, 0.3) is 0 Å². The molecular formula is C54H30. The van der Waals surface area contributed by atoms with Crippen molar-refractivity contribution in [2.75, 3.05) is 0 Å². The summed E-state index contributed by atoms with van der Waals surface area (Å²) in [5, 5.41) is 0. The average Bonchev–Trinajstić information content (AvgIpc) is 3.24. The van der Waals surface area contributed by atoms with Gasteiger partial charge in [0.25, 0.3) is 0 Å². The van der Waals surface area contributed by atoms with Crippen LogP contribution in [0.5, 0.6) is 0 Å². The molecule has 0 amide bonds. The van der Waals surface area contributed by atoms with Crippen molar-refractivity contribution in [2.45, 2.75) is 0 Å². The van der Waals surface area contributed by atoms with E-state index in [0.717, 1.165) is 66.8 Å². The van der Waals surface area contributed by atoms with Gasteiger partial charge in [0.15, 0.2) is 0 Å². The van der Waals surface area contributed by atoms with Gasteiger partial charge in [0.1, 0.15) is 0 Å². The summed E-state index contributed by atoms with van der Waals surface area (Å²) in [7, 11) is 0. The summed E-state index contributed by atoms with van der Waals surface area (Å²) in [6.07, 6.45) is 0. The van der Waals surface area contributed by atoms with Gasteiger partial charge >= 0.3 is 0 Å². The van der Waals surface area contributed by atoms with Gasteiger partial charge < -0.3 is 0 Å². The second-order valence-electron chi connectivity index (χ2n) is 12.1. The number of rotatable bonds is 0. The molecule has 0 fully saturated rings. The van der Waals surface area contributed by atoms with Crippen LogP contribution in [0.15, 0.2) is 182 Å². The maximum atomic E-state index is 3.33. The fourth-order valence-corrected chi connectivity index (χ4v) is 5.19. The molecule has 0 heterocycles. The average molecular weight is 679 g/mol. The lowest BCUT2D eigenvalue weighted by Gasteiger charge is -1.98. The van der Waals surface area contributed by atoms with Crippen LogP contribution in [0.3, 0.4) is 0 Å². The zero-order chi connectivity index (χ0) is 36.6. The Kier molecular flexibility index (Phi) is 11.3. The van der Waals surface area contributed by atoms with E-state index in [-0.39, 0.29) is 0 Å². The third-order valence-corrected chi connectivity index (χ3v) is 8.02. The van der Waals surface area contributed by atoms with Crippen LogP contribution in [0.4, 0.5) is 0 Å². The fourth-order valence-electron chi connectivity index (χ4n) is 5.19. The molecule has 0 aliphatic heterocycles. The van der Waals surface area contributed by atoms with Gasteiger partial charge in [-0.2, -0.15) is 0 Å². The van der Waals surface area contributed by atoms with E-state index in [4.69, 9.17) is 0 Å². The number of hydrogen-bond donors (Lipinski definition) is 0. The number of benzene rings is 7. The van der Waals surface area contributed by atoms with Crippen LogP contribution in [0.2, 0.25) is 0 Å². The highest BCUT2D eigenvalue weighted by Crippen LogP contribution is 2.12. The Bertz CT molecular complexity index is 2440. The van der Waals surface area contributed by atoms with Gasteiger partial charge in [0.05, 0.1) is 0 Å². The van der Waals surface area contributed by atoms with Crippen LogP contribution >= 0.6 is 0 Å². The highest BCUT2D eigenvalue weighted by Gasteiger charge is 1.99. The van der Waals surface area contributed by atoms with Crippen molar-refractivity contribution in [2.24, 2.45) is 0 Å². The second kappa shape index (κ2) is 17.7. The molecule has 0 N–H and O–H groups in total. The van der Waals surface area contributed by atoms with Gasteiger partial charge in [-0.25, -0.2) is 0 Å². The van der Waals surface area contributed by atoms with E-state index in [1.807, 2.05) is 182 Å². The molecule has 0 aliphatic carbocycles. The van der Waals surface area contributed by atoms with E-state index in [9.17, 15) is 0 Å². The maximum absolute atomic E-state index is 3.33. The van der Waals surface area contributed by atoms with Crippen LogP contribution in [-0.4, -0.2) is 0 Å². The van der Waals surface area contributed by atoms with Gasteiger partial charge in [-0.15, -0.1) is 0 Å². The molecule has 7 aromatic rings. The summed E-state index contributed by atoms with van der Waals surface area (Å²) in [5.41, 5.74) is 11.0. The molecular weight excluding hydrogens is 649 g/mol. The first-order valence-corrected chi connectivity index (χ1v) is 17.4. The lowest BCUT2D eigenvalue weighted by Crippen LogP contribution is -1.86. The van der Waals surface area contributed by atoms with Crippen molar-refractivity contribution in [3.05, 3.63) is 249 Å². The molecule has 0 saturated heterocycles. The first-order chi connectivity index (χ1) is 26.7. The quantitative estimate of drug-likeness (QED) is 0.140. The Morgan fingerprint density at radius 3 is 0.481 bits per heavy atom. The van der Waals surface area contributed by atoms with Crippen molar-refractivity contribution in [1.29, 1.82) is 0 Å². The molecule has 246 valence electrons. The van der Waals surface area contributed by atoms with Crippen LogP contribution in [-0.2, 0) is 0 Å². The molecule has 0 radical (unpaired) electrons. The van der Waals surface area contributed by atoms with Gasteiger partial charge in [-0.1, -0.05) is 126 Å². The van der Waals surface area contributed by atoms with Gasteiger partial charge in [0.2, 0.25) is 0 Å². The third-order valence-electron chi connectivity index (χ3n) is 8.02. The molecule has 7 aromatic carbocycles. The highest BCUT2D eigenvalue weighted by atomic mass is 14.0. The lowest BCUT2D eigenvalue weighted by atomic mass is 10.0. The first kappa shape index (κ1) is 34.4. The molecule has 0 unspecified atom stereocenters. The predicted octanol–water partition coefficient (Wildman–Crippen LogP) is 10.1. The van der Waals surface area contributed by atoms with Crippen LogP contribution in [0, 0.1) is 71.0 Å². The van der Waals surface area contributed by atoms with E-state index >= 15 is 0 Å². The zero-order valence-electron chi connectivity index (χ0n) is 29.3. The van der Waals surface area contributed by atoms with Gasteiger partial charge in [-0.05, 0) is 127 Å². The Hall–Kier alpha value is -8.10. The van der Waals surface area contributed by atoms with E-state index in [2.05, 4.69) is 71.0 Å². The van der Waals surface area contributed by atoms with Gasteiger partial charge in [-0.3, -0.25) is 0 Å². The minimum atomic E-state index is 0.831. The lowest BCUT2D eigenvalue weighted by molar-refractivity contribution is 1.54. The monoisotopic (exact) mass is 678 g/mol. The third kappa shape index (κ3) is 10.5. The largest absolute Gasteiger partial charge is 0.0622 e. The highest BCUT2D eigenvalue weighted by molar-refractivity contribution is 5.57. The topological polar surface area (TPSA) is 0 Å². The fraction of sp³-hybridized carbons (Fsp3) is 0. The maximum Gasteiger partial charge on any atom is 0.0273 e. The summed E-state index contributed by atoms with van der Waals surface area (Å²) < 4.78 is 0. The Balaban J connectivity index is 1.13. The summed E-state index contributed by atoms with van der Waals surface area (Å²) in [4.78, 5) is 0. The molecule has 0 aromatic heterocycles. The predicted molar refractivity (Wildman–Crippen MR) is 221 cm³/mol. The molecule has 54 heavy (non-hydrogen) atoms. The van der Waals surface area contributed by atoms with E-state index in [1.165, 1.54) is 0 Å². The Labute approximate surface area is 318 Å². The molecule has 0 saturated carbocycles. The van der Waals surface area contributed by atoms with Gasteiger partial charge in [0, 0.05) is 66.8 Å². The summed E-state index contributed by atoms with van der Waals surface area (Å²) >= 11 is 0. The van der Waals surface area contributed by atoms with E-state index < -0.39 is 0 Å². The summed E-state index contributed by atoms with van der Waals surface area (Å²) in [6.45, 7) is 0. The first-order valence-electron chi connectivity index (χ1n) is 17.4. The summed E-state index contributed by atoms with van der Waals surface area (Å²) in [6, 6.07) is 59.9. The molecule has 0 aliphatic rings. The van der Waals surface area contributed by atoms with Crippen molar-refractivity contribution < 1.29 is 0 Å². The van der Waals surface area contributed by atoms with Crippen LogP contribution in [0.1, 0.15) is 66.8 Å².